The van der Waals surface area contributed by atoms with Crippen LogP contribution in [-0.2, 0) is 4.74 Å². The monoisotopic (exact) mass is 216 g/mol. The lowest BCUT2D eigenvalue weighted by atomic mass is 10.5. The third kappa shape index (κ3) is 3.93. The molecule has 0 bridgehead atoms. The van der Waals surface area contributed by atoms with Gasteiger partial charge in [0.2, 0.25) is 0 Å². The topological polar surface area (TPSA) is 26.3 Å². The normalized spacial score (nSPS) is 10.2. The SMILES string of the molecule is COCCCSc1csc(C=O)c1. The first-order valence-electron chi connectivity index (χ1n) is 4.02. The molecule has 1 rings (SSSR count). The van der Waals surface area contributed by atoms with Crippen molar-refractivity contribution in [2.24, 2.45) is 0 Å². The van der Waals surface area contributed by atoms with Gasteiger partial charge in [-0.1, -0.05) is 0 Å². The van der Waals surface area contributed by atoms with Gasteiger partial charge in [0.1, 0.15) is 0 Å². The zero-order chi connectivity index (χ0) is 9.52. The Morgan fingerprint density at radius 1 is 1.69 bits per heavy atom. The van der Waals surface area contributed by atoms with Gasteiger partial charge in [0.25, 0.3) is 0 Å². The zero-order valence-electron chi connectivity index (χ0n) is 7.49. The maximum Gasteiger partial charge on any atom is 0.160 e. The lowest BCUT2D eigenvalue weighted by Gasteiger charge is -1.97. The van der Waals surface area contributed by atoms with Crippen LogP contribution in [0.2, 0.25) is 0 Å². The molecule has 13 heavy (non-hydrogen) atoms. The molecule has 0 aliphatic carbocycles. The first-order valence-corrected chi connectivity index (χ1v) is 5.89. The number of methoxy groups -OCH3 is 1. The Hall–Kier alpha value is -0.320. The van der Waals surface area contributed by atoms with Crippen LogP contribution in [0.1, 0.15) is 16.1 Å². The average molecular weight is 216 g/mol. The number of hydrogen-bond donors (Lipinski definition) is 0. The molecular formula is C9H12O2S2. The highest BCUT2D eigenvalue weighted by Crippen LogP contribution is 2.24. The molecule has 0 amide bonds. The van der Waals surface area contributed by atoms with Gasteiger partial charge in [-0.05, 0) is 12.5 Å². The first kappa shape index (κ1) is 10.8. The third-order valence-electron chi connectivity index (χ3n) is 1.47. The molecular weight excluding hydrogens is 204 g/mol. The summed E-state index contributed by atoms with van der Waals surface area (Å²) < 4.78 is 4.94. The molecule has 0 unspecified atom stereocenters. The third-order valence-corrected chi connectivity index (χ3v) is 3.54. The molecule has 0 saturated heterocycles. The molecule has 0 aliphatic rings. The molecule has 72 valence electrons. The van der Waals surface area contributed by atoms with Crippen LogP contribution < -0.4 is 0 Å². The fourth-order valence-corrected chi connectivity index (χ4v) is 2.64. The zero-order valence-corrected chi connectivity index (χ0v) is 9.12. The van der Waals surface area contributed by atoms with Gasteiger partial charge in [-0.25, -0.2) is 0 Å². The van der Waals surface area contributed by atoms with Crippen molar-refractivity contribution in [3.8, 4) is 0 Å². The summed E-state index contributed by atoms with van der Waals surface area (Å²) in [5.74, 6) is 1.04. The molecule has 0 spiro atoms. The van der Waals surface area contributed by atoms with E-state index >= 15 is 0 Å². The molecule has 4 heteroatoms. The van der Waals surface area contributed by atoms with Crippen molar-refractivity contribution >= 4 is 29.4 Å². The Bertz CT molecular complexity index is 258. The second-order valence-electron chi connectivity index (χ2n) is 2.50. The molecule has 1 heterocycles. The minimum Gasteiger partial charge on any atom is -0.385 e. The highest BCUT2D eigenvalue weighted by atomic mass is 32.2. The molecule has 0 N–H and O–H groups in total. The van der Waals surface area contributed by atoms with Crippen LogP contribution in [0.15, 0.2) is 16.3 Å². The molecule has 1 aromatic heterocycles. The number of rotatable bonds is 6. The van der Waals surface area contributed by atoms with Gasteiger partial charge in [0.05, 0.1) is 4.88 Å². The van der Waals surface area contributed by atoms with E-state index in [-0.39, 0.29) is 0 Å². The van der Waals surface area contributed by atoms with E-state index in [0.717, 1.165) is 29.9 Å². The lowest BCUT2D eigenvalue weighted by molar-refractivity contribution is 0.112. The van der Waals surface area contributed by atoms with Crippen molar-refractivity contribution in [1.29, 1.82) is 0 Å². The van der Waals surface area contributed by atoms with E-state index in [1.54, 1.807) is 18.9 Å². The highest BCUT2D eigenvalue weighted by Gasteiger charge is 1.98. The van der Waals surface area contributed by atoms with E-state index in [2.05, 4.69) is 0 Å². The van der Waals surface area contributed by atoms with Gasteiger partial charge in [0, 0.05) is 29.7 Å². The Balaban J connectivity index is 2.24. The number of hydrogen-bond acceptors (Lipinski definition) is 4. The Kier molecular flexibility index (Phi) is 5.12. The van der Waals surface area contributed by atoms with Crippen LogP contribution in [0.4, 0.5) is 0 Å². The average Bonchev–Trinajstić information content (AvgIpc) is 2.60. The summed E-state index contributed by atoms with van der Waals surface area (Å²) >= 11 is 3.26. The Labute approximate surface area is 86.3 Å². The van der Waals surface area contributed by atoms with Crippen molar-refractivity contribution in [3.05, 3.63) is 16.3 Å². The summed E-state index contributed by atoms with van der Waals surface area (Å²) in [4.78, 5) is 12.4. The standard InChI is InChI=1S/C9H12O2S2/c1-11-3-2-4-12-9-5-8(6-10)13-7-9/h5-7H,2-4H2,1H3. The van der Waals surface area contributed by atoms with Gasteiger partial charge in [-0.2, -0.15) is 0 Å². The van der Waals surface area contributed by atoms with E-state index in [1.165, 1.54) is 16.2 Å². The van der Waals surface area contributed by atoms with Gasteiger partial charge in [0.15, 0.2) is 6.29 Å². The first-order chi connectivity index (χ1) is 6.36. The van der Waals surface area contributed by atoms with Gasteiger partial charge in [-0.3, -0.25) is 4.79 Å². The molecule has 1 aromatic rings. The fraction of sp³-hybridized carbons (Fsp3) is 0.444. The Morgan fingerprint density at radius 3 is 3.15 bits per heavy atom. The van der Waals surface area contributed by atoms with E-state index in [4.69, 9.17) is 4.74 Å². The van der Waals surface area contributed by atoms with Crippen LogP contribution >= 0.6 is 23.1 Å². The fourth-order valence-electron chi connectivity index (χ4n) is 0.865. The van der Waals surface area contributed by atoms with Gasteiger partial charge < -0.3 is 4.74 Å². The summed E-state index contributed by atoms with van der Waals surface area (Å²) in [6.45, 7) is 0.803. The molecule has 0 aromatic carbocycles. The van der Waals surface area contributed by atoms with E-state index in [1.807, 2.05) is 11.4 Å². The minimum absolute atomic E-state index is 0.800. The number of thioether (sulfide) groups is 1. The number of carbonyl (C=O) groups is 1. The minimum atomic E-state index is 0.800. The van der Waals surface area contributed by atoms with Crippen molar-refractivity contribution in [3.63, 3.8) is 0 Å². The van der Waals surface area contributed by atoms with Crippen molar-refractivity contribution in [2.75, 3.05) is 19.5 Å². The van der Waals surface area contributed by atoms with Gasteiger partial charge >= 0.3 is 0 Å². The van der Waals surface area contributed by atoms with Crippen LogP contribution in [0.3, 0.4) is 0 Å². The Morgan fingerprint density at radius 2 is 2.54 bits per heavy atom. The van der Waals surface area contributed by atoms with Crippen LogP contribution in [0.5, 0.6) is 0 Å². The second kappa shape index (κ2) is 6.18. The maximum absolute atomic E-state index is 10.4. The number of thiophene rings is 1. The smallest absolute Gasteiger partial charge is 0.160 e. The largest absolute Gasteiger partial charge is 0.385 e. The van der Waals surface area contributed by atoms with E-state index in [0.29, 0.717) is 0 Å². The summed E-state index contributed by atoms with van der Waals surface area (Å²) in [6, 6.07) is 1.93. The summed E-state index contributed by atoms with van der Waals surface area (Å²) in [5, 5.41) is 2.02. The number of carbonyl (C=O) groups excluding carboxylic acids is 1. The predicted molar refractivity (Wildman–Crippen MR) is 56.9 cm³/mol. The summed E-state index contributed by atoms with van der Waals surface area (Å²) in [7, 11) is 1.71. The summed E-state index contributed by atoms with van der Waals surface area (Å²) in [5.41, 5.74) is 0. The van der Waals surface area contributed by atoms with Crippen LogP contribution in [0.25, 0.3) is 0 Å². The molecule has 2 nitrogen and oxygen atoms in total. The molecule has 0 radical (unpaired) electrons. The number of ether oxygens (including phenoxy) is 1. The second-order valence-corrected chi connectivity index (χ2v) is 4.61. The molecule has 0 atom stereocenters. The van der Waals surface area contributed by atoms with Gasteiger partial charge in [-0.15, -0.1) is 23.1 Å². The van der Waals surface area contributed by atoms with Crippen molar-refractivity contribution < 1.29 is 9.53 Å². The van der Waals surface area contributed by atoms with Crippen LogP contribution in [-0.4, -0.2) is 25.8 Å². The quantitative estimate of drug-likeness (QED) is 0.415. The molecule has 0 fully saturated rings. The number of aldehydes is 1. The summed E-state index contributed by atoms with van der Waals surface area (Å²) in [6.07, 6.45) is 1.94. The highest BCUT2D eigenvalue weighted by molar-refractivity contribution is 7.99. The van der Waals surface area contributed by atoms with Crippen LogP contribution in [0, 0.1) is 0 Å². The van der Waals surface area contributed by atoms with E-state index < -0.39 is 0 Å². The van der Waals surface area contributed by atoms with Crippen molar-refractivity contribution in [1.82, 2.24) is 0 Å². The lowest BCUT2D eigenvalue weighted by Crippen LogP contribution is -1.89. The van der Waals surface area contributed by atoms with E-state index in [9.17, 15) is 4.79 Å². The predicted octanol–water partition coefficient (Wildman–Crippen LogP) is 2.69. The van der Waals surface area contributed by atoms with Crippen molar-refractivity contribution in [2.45, 2.75) is 11.3 Å². The molecule has 0 aliphatic heterocycles. The molecule has 0 saturated carbocycles. The maximum atomic E-state index is 10.4.